The molecule has 21 heavy (non-hydrogen) atoms. The molecule has 2 N–H and O–H groups in total. The van der Waals surface area contributed by atoms with E-state index in [0.29, 0.717) is 6.54 Å². The van der Waals surface area contributed by atoms with E-state index in [1.807, 2.05) is 19.3 Å². The van der Waals surface area contributed by atoms with Gasteiger partial charge in [-0.3, -0.25) is 0 Å². The lowest BCUT2D eigenvalue weighted by molar-refractivity contribution is 0.844. The van der Waals surface area contributed by atoms with Gasteiger partial charge in [-0.25, -0.2) is 15.0 Å². The molecule has 2 aromatic heterocycles. The van der Waals surface area contributed by atoms with E-state index < -0.39 is 0 Å². The van der Waals surface area contributed by atoms with Crippen LogP contribution in [-0.2, 0) is 6.54 Å². The molecule has 0 saturated heterocycles. The van der Waals surface area contributed by atoms with Crippen molar-refractivity contribution in [3.63, 3.8) is 0 Å². The fourth-order valence-electron chi connectivity index (χ4n) is 2.04. The van der Waals surface area contributed by atoms with E-state index in [1.165, 1.54) is 6.33 Å². The molecule has 0 spiro atoms. The quantitative estimate of drug-likeness (QED) is 0.814. The van der Waals surface area contributed by atoms with Crippen LogP contribution in [0, 0.1) is 0 Å². The van der Waals surface area contributed by atoms with Crippen molar-refractivity contribution < 1.29 is 0 Å². The van der Waals surface area contributed by atoms with Gasteiger partial charge in [0.05, 0.1) is 0 Å². The van der Waals surface area contributed by atoms with Crippen LogP contribution in [-0.4, -0.2) is 35.1 Å². The van der Waals surface area contributed by atoms with Crippen LogP contribution < -0.4 is 15.5 Å². The summed E-state index contributed by atoms with van der Waals surface area (Å²) in [5.74, 6) is 2.60. The third-order valence-corrected chi connectivity index (χ3v) is 3.29. The van der Waals surface area contributed by atoms with E-state index in [2.05, 4.69) is 56.5 Å². The van der Waals surface area contributed by atoms with Crippen LogP contribution in [0.2, 0.25) is 0 Å². The number of nitrogens with zero attached hydrogens (tertiary/aromatic N) is 4. The van der Waals surface area contributed by atoms with E-state index >= 15 is 0 Å². The van der Waals surface area contributed by atoms with Crippen LogP contribution in [0.25, 0.3) is 0 Å². The summed E-state index contributed by atoms with van der Waals surface area (Å²) < 4.78 is 0. The molecule has 0 fully saturated rings. The van der Waals surface area contributed by atoms with Crippen LogP contribution in [0.5, 0.6) is 0 Å². The summed E-state index contributed by atoms with van der Waals surface area (Å²) >= 11 is 0. The van der Waals surface area contributed by atoms with E-state index in [-0.39, 0.29) is 0 Å². The van der Waals surface area contributed by atoms with Crippen molar-refractivity contribution in [1.29, 1.82) is 0 Å². The zero-order valence-electron chi connectivity index (χ0n) is 12.8. The highest BCUT2D eigenvalue weighted by molar-refractivity contribution is 5.46. The normalized spacial score (nSPS) is 10.2. The standard InChI is InChI=1S/C15H22N6/c1-4-21(5-2)15-7-6-12(10-18-15)9-17-14-8-13(16-3)19-11-20-14/h6-8,10-11H,4-5,9H2,1-3H3,(H2,16,17,19,20). The second-order valence-electron chi connectivity index (χ2n) is 4.59. The highest BCUT2D eigenvalue weighted by Crippen LogP contribution is 2.13. The zero-order valence-corrected chi connectivity index (χ0v) is 12.8. The highest BCUT2D eigenvalue weighted by Gasteiger charge is 2.03. The SMILES string of the molecule is CCN(CC)c1ccc(CNc2cc(NC)ncn2)cn1. The molecule has 0 saturated carbocycles. The van der Waals surface area contributed by atoms with E-state index in [9.17, 15) is 0 Å². The second kappa shape index (κ2) is 7.42. The van der Waals surface area contributed by atoms with Crippen molar-refractivity contribution in [3.8, 4) is 0 Å². The molecule has 0 unspecified atom stereocenters. The molecule has 0 radical (unpaired) electrons. The number of pyridine rings is 1. The Labute approximate surface area is 125 Å². The van der Waals surface area contributed by atoms with Crippen molar-refractivity contribution in [2.75, 3.05) is 35.7 Å². The van der Waals surface area contributed by atoms with Gasteiger partial charge in [-0.2, -0.15) is 0 Å². The summed E-state index contributed by atoms with van der Waals surface area (Å²) in [6.07, 6.45) is 3.44. The minimum Gasteiger partial charge on any atom is -0.373 e. The fourth-order valence-corrected chi connectivity index (χ4v) is 2.04. The number of anilines is 3. The average molecular weight is 286 g/mol. The Bertz CT molecular complexity index is 550. The maximum absolute atomic E-state index is 4.51. The van der Waals surface area contributed by atoms with Gasteiger partial charge < -0.3 is 15.5 Å². The molecule has 0 aliphatic rings. The molecule has 6 nitrogen and oxygen atoms in total. The molecule has 2 heterocycles. The van der Waals surface area contributed by atoms with Gasteiger partial charge in [0.15, 0.2) is 0 Å². The van der Waals surface area contributed by atoms with Crippen molar-refractivity contribution in [2.45, 2.75) is 20.4 Å². The maximum Gasteiger partial charge on any atom is 0.131 e. The predicted octanol–water partition coefficient (Wildman–Crippen LogP) is 2.37. The topological polar surface area (TPSA) is 66.0 Å². The summed E-state index contributed by atoms with van der Waals surface area (Å²) in [6, 6.07) is 6.02. The van der Waals surface area contributed by atoms with Gasteiger partial charge in [0.2, 0.25) is 0 Å². The maximum atomic E-state index is 4.51. The first kappa shape index (κ1) is 15.0. The van der Waals surface area contributed by atoms with Gasteiger partial charge in [-0.05, 0) is 25.5 Å². The molecule has 6 heteroatoms. The Kier molecular flexibility index (Phi) is 5.31. The third-order valence-electron chi connectivity index (χ3n) is 3.29. The first-order valence-electron chi connectivity index (χ1n) is 7.20. The zero-order chi connectivity index (χ0) is 15.1. The first-order valence-corrected chi connectivity index (χ1v) is 7.20. The van der Waals surface area contributed by atoms with Crippen molar-refractivity contribution in [1.82, 2.24) is 15.0 Å². The van der Waals surface area contributed by atoms with Gasteiger partial charge >= 0.3 is 0 Å². The molecule has 2 aromatic rings. The summed E-state index contributed by atoms with van der Waals surface area (Å²) in [5, 5.41) is 6.26. The van der Waals surface area contributed by atoms with Gasteiger partial charge in [-0.15, -0.1) is 0 Å². The van der Waals surface area contributed by atoms with Gasteiger partial charge in [0, 0.05) is 38.9 Å². The molecule has 112 valence electrons. The lowest BCUT2D eigenvalue weighted by atomic mass is 10.2. The number of hydrogen-bond acceptors (Lipinski definition) is 6. The minimum absolute atomic E-state index is 0.686. The van der Waals surface area contributed by atoms with Gasteiger partial charge in [0.1, 0.15) is 23.8 Å². The summed E-state index contributed by atoms with van der Waals surface area (Å²) in [4.78, 5) is 15.0. The smallest absolute Gasteiger partial charge is 0.131 e. The van der Waals surface area contributed by atoms with Crippen LogP contribution >= 0.6 is 0 Å². The largest absolute Gasteiger partial charge is 0.373 e. The number of rotatable bonds is 7. The monoisotopic (exact) mass is 286 g/mol. The van der Waals surface area contributed by atoms with E-state index in [4.69, 9.17) is 0 Å². The molecule has 0 aliphatic heterocycles. The summed E-state index contributed by atoms with van der Waals surface area (Å²) in [6.45, 7) is 6.89. The van der Waals surface area contributed by atoms with Crippen LogP contribution in [0.4, 0.5) is 17.5 Å². The Balaban J connectivity index is 1.97. The van der Waals surface area contributed by atoms with Gasteiger partial charge in [0.25, 0.3) is 0 Å². The molecule has 0 aromatic carbocycles. The van der Waals surface area contributed by atoms with Crippen molar-refractivity contribution >= 4 is 17.5 Å². The highest BCUT2D eigenvalue weighted by atomic mass is 15.2. The lowest BCUT2D eigenvalue weighted by Gasteiger charge is -2.19. The van der Waals surface area contributed by atoms with Crippen LogP contribution in [0.15, 0.2) is 30.7 Å². The Hall–Kier alpha value is -2.37. The predicted molar refractivity (Wildman–Crippen MR) is 86.7 cm³/mol. The number of aromatic nitrogens is 3. The Morgan fingerprint density at radius 3 is 2.43 bits per heavy atom. The molecule has 0 bridgehead atoms. The molecule has 0 aliphatic carbocycles. The summed E-state index contributed by atoms with van der Waals surface area (Å²) in [7, 11) is 1.84. The molecular weight excluding hydrogens is 264 g/mol. The molecule has 0 atom stereocenters. The van der Waals surface area contributed by atoms with E-state index in [1.54, 1.807) is 0 Å². The van der Waals surface area contributed by atoms with E-state index in [0.717, 1.165) is 36.1 Å². The Morgan fingerprint density at radius 2 is 1.81 bits per heavy atom. The van der Waals surface area contributed by atoms with Crippen LogP contribution in [0.1, 0.15) is 19.4 Å². The molecular formula is C15H22N6. The third kappa shape index (κ3) is 4.05. The number of nitrogens with one attached hydrogen (secondary N) is 2. The Morgan fingerprint density at radius 1 is 1.05 bits per heavy atom. The molecule has 2 rings (SSSR count). The van der Waals surface area contributed by atoms with Crippen LogP contribution in [0.3, 0.4) is 0 Å². The van der Waals surface area contributed by atoms with Crippen molar-refractivity contribution in [2.24, 2.45) is 0 Å². The summed E-state index contributed by atoms with van der Waals surface area (Å²) in [5.41, 5.74) is 1.12. The lowest BCUT2D eigenvalue weighted by Crippen LogP contribution is -2.22. The van der Waals surface area contributed by atoms with Crippen molar-refractivity contribution in [3.05, 3.63) is 36.3 Å². The first-order chi connectivity index (χ1) is 10.3. The molecule has 0 amide bonds. The second-order valence-corrected chi connectivity index (χ2v) is 4.59. The van der Waals surface area contributed by atoms with Gasteiger partial charge in [-0.1, -0.05) is 6.07 Å². The minimum atomic E-state index is 0.686. The average Bonchev–Trinajstić information content (AvgIpc) is 2.55. The number of hydrogen-bond donors (Lipinski definition) is 2. The fraction of sp³-hybridized carbons (Fsp3) is 0.400.